The maximum Gasteiger partial charge on any atom is 0.00642 e. The fourth-order valence-corrected chi connectivity index (χ4v) is 2.89. The summed E-state index contributed by atoms with van der Waals surface area (Å²) >= 11 is 0. The van der Waals surface area contributed by atoms with Gasteiger partial charge in [0.15, 0.2) is 0 Å². The van der Waals surface area contributed by atoms with Crippen molar-refractivity contribution in [3.63, 3.8) is 0 Å². The first-order valence-corrected chi connectivity index (χ1v) is 6.05. The van der Waals surface area contributed by atoms with Gasteiger partial charge in [-0.2, -0.15) is 0 Å². The predicted molar refractivity (Wildman–Crippen MR) is 56.8 cm³/mol. The van der Waals surface area contributed by atoms with E-state index in [0.29, 0.717) is 0 Å². The van der Waals surface area contributed by atoms with Crippen LogP contribution in [0.3, 0.4) is 0 Å². The predicted octanol–water partition coefficient (Wildman–Crippen LogP) is 2.95. The molecule has 0 saturated heterocycles. The van der Waals surface area contributed by atoms with Gasteiger partial charge in [-0.3, -0.25) is 0 Å². The molecule has 0 radical (unpaired) electrons. The second-order valence-electron chi connectivity index (χ2n) is 5.04. The Kier molecular flexibility index (Phi) is 3.26. The number of nitrogens with one attached hydrogen (secondary N) is 1. The molecule has 0 aromatic heterocycles. The molecule has 1 heteroatoms. The summed E-state index contributed by atoms with van der Waals surface area (Å²) in [6.07, 6.45) is 12.0. The largest absolute Gasteiger partial charge is 0.317 e. The maximum absolute atomic E-state index is 3.41. The summed E-state index contributed by atoms with van der Waals surface area (Å²) < 4.78 is 0. The molecule has 0 aromatic rings. The lowest BCUT2D eigenvalue weighted by atomic mass is 9.74. The molecule has 0 spiro atoms. The zero-order valence-electron chi connectivity index (χ0n) is 8.89. The second kappa shape index (κ2) is 4.45. The Labute approximate surface area is 82.3 Å². The number of rotatable bonds is 3. The van der Waals surface area contributed by atoms with Crippen LogP contribution in [0.4, 0.5) is 0 Å². The summed E-state index contributed by atoms with van der Waals surface area (Å²) in [6.45, 7) is 0. The second-order valence-corrected chi connectivity index (χ2v) is 5.04. The highest BCUT2D eigenvalue weighted by Gasteiger charge is 2.25. The van der Waals surface area contributed by atoms with Gasteiger partial charge in [-0.05, 0) is 51.0 Å². The van der Waals surface area contributed by atoms with Crippen molar-refractivity contribution in [1.29, 1.82) is 0 Å². The third-order valence-electron chi connectivity index (χ3n) is 4.15. The van der Waals surface area contributed by atoms with Crippen molar-refractivity contribution < 1.29 is 0 Å². The summed E-state index contributed by atoms with van der Waals surface area (Å²) in [7, 11) is 2.11. The van der Waals surface area contributed by atoms with Crippen LogP contribution in [0.15, 0.2) is 0 Å². The van der Waals surface area contributed by atoms with E-state index in [1.54, 1.807) is 6.42 Å². The van der Waals surface area contributed by atoms with Gasteiger partial charge in [0, 0.05) is 6.04 Å². The van der Waals surface area contributed by atoms with Gasteiger partial charge in [0.1, 0.15) is 0 Å². The summed E-state index contributed by atoms with van der Waals surface area (Å²) in [6, 6.07) is 0.831. The molecule has 2 aliphatic rings. The van der Waals surface area contributed by atoms with E-state index in [1.165, 1.54) is 44.9 Å². The molecule has 1 nitrogen and oxygen atoms in total. The normalized spacial score (nSPS) is 35.8. The van der Waals surface area contributed by atoms with Crippen LogP contribution in [-0.2, 0) is 0 Å². The molecule has 2 fully saturated rings. The standard InChI is InChI=1S/C12H23N/c1-13-12-7-5-11(6-8-12)9-10-3-2-4-10/h10-13H,2-9H2,1H3. The van der Waals surface area contributed by atoms with Crippen molar-refractivity contribution >= 4 is 0 Å². The van der Waals surface area contributed by atoms with Gasteiger partial charge >= 0.3 is 0 Å². The zero-order valence-corrected chi connectivity index (χ0v) is 8.89. The number of hydrogen-bond acceptors (Lipinski definition) is 1. The van der Waals surface area contributed by atoms with Gasteiger partial charge < -0.3 is 5.32 Å². The van der Waals surface area contributed by atoms with Crippen molar-refractivity contribution in [1.82, 2.24) is 5.32 Å². The Bertz CT molecular complexity index is 143. The fraction of sp³-hybridized carbons (Fsp3) is 1.00. The zero-order chi connectivity index (χ0) is 9.10. The molecular weight excluding hydrogens is 158 g/mol. The van der Waals surface area contributed by atoms with Crippen molar-refractivity contribution in [2.45, 2.75) is 57.4 Å². The Morgan fingerprint density at radius 2 is 1.54 bits per heavy atom. The SMILES string of the molecule is CNC1CCC(CC2CCC2)CC1. The number of hydrogen-bond donors (Lipinski definition) is 1. The molecule has 2 aliphatic carbocycles. The Morgan fingerprint density at radius 1 is 0.923 bits per heavy atom. The molecule has 0 bridgehead atoms. The molecule has 13 heavy (non-hydrogen) atoms. The molecule has 0 unspecified atom stereocenters. The van der Waals surface area contributed by atoms with Gasteiger partial charge in [0.2, 0.25) is 0 Å². The van der Waals surface area contributed by atoms with Gasteiger partial charge in [-0.1, -0.05) is 19.3 Å². The van der Waals surface area contributed by atoms with E-state index >= 15 is 0 Å². The lowest BCUT2D eigenvalue weighted by Gasteiger charge is -2.34. The summed E-state index contributed by atoms with van der Waals surface area (Å²) in [5.74, 6) is 2.20. The Morgan fingerprint density at radius 3 is 2.00 bits per heavy atom. The molecule has 1 N–H and O–H groups in total. The molecule has 0 atom stereocenters. The van der Waals surface area contributed by atoms with Gasteiger partial charge in [-0.15, -0.1) is 0 Å². The highest BCUT2D eigenvalue weighted by atomic mass is 14.9. The van der Waals surface area contributed by atoms with Gasteiger partial charge in [0.05, 0.1) is 0 Å². The summed E-state index contributed by atoms with van der Waals surface area (Å²) in [5.41, 5.74) is 0. The molecule has 2 rings (SSSR count). The van der Waals surface area contributed by atoms with E-state index in [1.807, 2.05) is 0 Å². The van der Waals surface area contributed by atoms with E-state index in [2.05, 4.69) is 12.4 Å². The maximum atomic E-state index is 3.41. The molecule has 0 aromatic carbocycles. The van der Waals surface area contributed by atoms with Crippen molar-refractivity contribution in [2.24, 2.45) is 11.8 Å². The molecular formula is C12H23N. The van der Waals surface area contributed by atoms with Crippen LogP contribution in [0.1, 0.15) is 51.4 Å². The van der Waals surface area contributed by atoms with E-state index < -0.39 is 0 Å². The van der Waals surface area contributed by atoms with E-state index in [0.717, 1.165) is 17.9 Å². The first kappa shape index (κ1) is 9.51. The minimum Gasteiger partial charge on any atom is -0.317 e. The molecule has 76 valence electrons. The lowest BCUT2D eigenvalue weighted by Crippen LogP contribution is -2.31. The first-order valence-electron chi connectivity index (χ1n) is 6.05. The van der Waals surface area contributed by atoms with E-state index in [-0.39, 0.29) is 0 Å². The fourth-order valence-electron chi connectivity index (χ4n) is 2.89. The molecule has 0 aliphatic heterocycles. The highest BCUT2D eigenvalue weighted by molar-refractivity contribution is 4.80. The minimum atomic E-state index is 0.831. The average Bonchev–Trinajstić information content (AvgIpc) is 2.12. The Balaban J connectivity index is 1.65. The third kappa shape index (κ3) is 2.46. The summed E-state index contributed by atoms with van der Waals surface area (Å²) in [5, 5.41) is 3.41. The molecule has 0 amide bonds. The van der Waals surface area contributed by atoms with Crippen LogP contribution in [0.5, 0.6) is 0 Å². The average molecular weight is 181 g/mol. The van der Waals surface area contributed by atoms with E-state index in [9.17, 15) is 0 Å². The highest BCUT2D eigenvalue weighted by Crippen LogP contribution is 2.37. The monoisotopic (exact) mass is 181 g/mol. The van der Waals surface area contributed by atoms with Crippen molar-refractivity contribution in [3.8, 4) is 0 Å². The van der Waals surface area contributed by atoms with Crippen molar-refractivity contribution in [3.05, 3.63) is 0 Å². The van der Waals surface area contributed by atoms with Crippen LogP contribution in [0, 0.1) is 11.8 Å². The molecule has 0 heterocycles. The topological polar surface area (TPSA) is 12.0 Å². The molecule has 2 saturated carbocycles. The van der Waals surface area contributed by atoms with Crippen LogP contribution in [0.2, 0.25) is 0 Å². The minimum absolute atomic E-state index is 0.831. The quantitative estimate of drug-likeness (QED) is 0.706. The van der Waals surface area contributed by atoms with Crippen LogP contribution < -0.4 is 5.32 Å². The van der Waals surface area contributed by atoms with Crippen LogP contribution in [0.25, 0.3) is 0 Å². The van der Waals surface area contributed by atoms with Gasteiger partial charge in [0.25, 0.3) is 0 Å². The van der Waals surface area contributed by atoms with Crippen LogP contribution in [-0.4, -0.2) is 13.1 Å². The Hall–Kier alpha value is -0.0400. The van der Waals surface area contributed by atoms with Crippen molar-refractivity contribution in [2.75, 3.05) is 7.05 Å². The first-order chi connectivity index (χ1) is 6.38. The lowest BCUT2D eigenvalue weighted by molar-refractivity contribution is 0.202. The third-order valence-corrected chi connectivity index (χ3v) is 4.15. The summed E-state index contributed by atoms with van der Waals surface area (Å²) in [4.78, 5) is 0. The van der Waals surface area contributed by atoms with Crippen LogP contribution >= 0.6 is 0 Å². The van der Waals surface area contributed by atoms with Gasteiger partial charge in [-0.25, -0.2) is 0 Å². The smallest absolute Gasteiger partial charge is 0.00642 e. The van der Waals surface area contributed by atoms with E-state index in [4.69, 9.17) is 0 Å².